The summed E-state index contributed by atoms with van der Waals surface area (Å²) < 4.78 is 5.84. The highest BCUT2D eigenvalue weighted by Crippen LogP contribution is 2.34. The van der Waals surface area contributed by atoms with Crippen molar-refractivity contribution in [1.82, 2.24) is 4.98 Å². The molecule has 202 valence electrons. The number of aliphatic hydroxyl groups is 2. The van der Waals surface area contributed by atoms with Crippen LogP contribution >= 0.6 is 11.3 Å². The fraction of sp³-hybridized carbons (Fsp3) is 0.679. The van der Waals surface area contributed by atoms with Crippen molar-refractivity contribution >= 4 is 29.2 Å². The number of rotatable bonds is 4. The predicted molar refractivity (Wildman–Crippen MR) is 144 cm³/mol. The summed E-state index contributed by atoms with van der Waals surface area (Å²) in [6, 6.07) is 0. The number of hydrogen-bond donors (Lipinski definition) is 3. The maximum atomic E-state index is 13.4. The SMILES string of the molecule is CC[C@H]1C(=O)C(C)(C)[C@@H](O)CC(=O)O[C@H](C(C)=Cc2csc(CN)n2)CC=C(C)CCC[C@H](C)[C@@H]1O. The van der Waals surface area contributed by atoms with Crippen LogP contribution in [-0.4, -0.2) is 45.3 Å². The number of aromatic nitrogens is 1. The van der Waals surface area contributed by atoms with Crippen molar-refractivity contribution < 1.29 is 24.5 Å². The average Bonchev–Trinajstić information content (AvgIpc) is 3.28. The molecule has 0 aromatic carbocycles. The van der Waals surface area contributed by atoms with Gasteiger partial charge in [0.15, 0.2) is 0 Å². The van der Waals surface area contributed by atoms with Gasteiger partial charge in [-0.1, -0.05) is 39.3 Å². The Kier molecular flexibility index (Phi) is 11.5. The second-order valence-corrected chi connectivity index (χ2v) is 11.6. The van der Waals surface area contributed by atoms with Crippen LogP contribution in [0.2, 0.25) is 0 Å². The molecule has 8 heteroatoms. The van der Waals surface area contributed by atoms with E-state index in [-0.39, 0.29) is 18.1 Å². The highest BCUT2D eigenvalue weighted by Gasteiger charge is 2.43. The van der Waals surface area contributed by atoms with Crippen LogP contribution in [0.3, 0.4) is 0 Å². The quantitative estimate of drug-likeness (QED) is 0.385. The standard InChI is InChI=1S/C28H44N2O5S/c1-7-21-26(33)18(3)10-8-9-17(2)11-12-22(19(4)13-20-16-36-24(15-29)30-20)35-25(32)14-23(31)28(5,6)27(21)34/h11,13,16,18,21-23,26,31,33H,7-10,12,14-15,29H2,1-6H3/t18-,21+,22-,23-,26-/m0/s1. The summed E-state index contributed by atoms with van der Waals surface area (Å²) in [7, 11) is 0. The number of carbonyl (C=O) groups is 2. The van der Waals surface area contributed by atoms with Crippen LogP contribution in [0.25, 0.3) is 6.08 Å². The molecule has 1 aromatic rings. The van der Waals surface area contributed by atoms with E-state index in [0.29, 0.717) is 19.4 Å². The van der Waals surface area contributed by atoms with Gasteiger partial charge in [0.05, 0.1) is 29.7 Å². The summed E-state index contributed by atoms with van der Waals surface area (Å²) in [5, 5.41) is 24.6. The normalized spacial score (nSPS) is 29.5. The summed E-state index contributed by atoms with van der Waals surface area (Å²) in [5.74, 6) is -1.44. The van der Waals surface area contributed by atoms with Crippen molar-refractivity contribution in [3.05, 3.63) is 33.3 Å². The number of aliphatic hydroxyl groups excluding tert-OH is 2. The van der Waals surface area contributed by atoms with Gasteiger partial charge in [-0.15, -0.1) is 11.3 Å². The van der Waals surface area contributed by atoms with Crippen molar-refractivity contribution in [3.8, 4) is 0 Å². The smallest absolute Gasteiger partial charge is 0.309 e. The molecule has 0 saturated heterocycles. The Morgan fingerprint density at radius 1 is 1.33 bits per heavy atom. The third kappa shape index (κ3) is 8.07. The van der Waals surface area contributed by atoms with Crippen LogP contribution in [0.15, 0.2) is 22.6 Å². The first kappa shape index (κ1) is 30.4. The Morgan fingerprint density at radius 3 is 2.64 bits per heavy atom. The molecule has 0 spiro atoms. The predicted octanol–water partition coefficient (Wildman–Crippen LogP) is 4.81. The van der Waals surface area contributed by atoms with Crippen LogP contribution in [-0.2, 0) is 20.9 Å². The zero-order chi connectivity index (χ0) is 27.0. The third-order valence-electron chi connectivity index (χ3n) is 7.41. The molecule has 5 atom stereocenters. The summed E-state index contributed by atoms with van der Waals surface area (Å²) >= 11 is 1.48. The van der Waals surface area contributed by atoms with E-state index in [9.17, 15) is 19.8 Å². The monoisotopic (exact) mass is 520 g/mol. The zero-order valence-electron chi connectivity index (χ0n) is 22.6. The maximum Gasteiger partial charge on any atom is 0.309 e. The molecule has 1 aliphatic heterocycles. The van der Waals surface area contributed by atoms with Crippen LogP contribution in [0.1, 0.15) is 90.8 Å². The molecule has 0 bridgehead atoms. The van der Waals surface area contributed by atoms with Gasteiger partial charge in [-0.25, -0.2) is 4.98 Å². The summed E-state index contributed by atoms with van der Waals surface area (Å²) in [5.41, 5.74) is 7.27. The molecule has 36 heavy (non-hydrogen) atoms. The summed E-state index contributed by atoms with van der Waals surface area (Å²) in [6.45, 7) is 11.5. The molecule has 2 rings (SSSR count). The number of ether oxygens (including phenoxy) is 1. The molecule has 0 fully saturated rings. The van der Waals surface area contributed by atoms with E-state index in [1.165, 1.54) is 16.9 Å². The van der Waals surface area contributed by atoms with Gasteiger partial charge in [0.1, 0.15) is 16.9 Å². The molecule has 0 saturated carbocycles. The number of esters is 1. The van der Waals surface area contributed by atoms with E-state index < -0.39 is 35.6 Å². The molecule has 0 aliphatic carbocycles. The third-order valence-corrected chi connectivity index (χ3v) is 8.30. The minimum atomic E-state index is -1.23. The van der Waals surface area contributed by atoms with E-state index in [1.807, 2.05) is 32.2 Å². The van der Waals surface area contributed by atoms with Crippen molar-refractivity contribution in [2.75, 3.05) is 0 Å². The van der Waals surface area contributed by atoms with E-state index >= 15 is 0 Å². The minimum Gasteiger partial charge on any atom is -0.457 e. The van der Waals surface area contributed by atoms with Gasteiger partial charge < -0.3 is 20.7 Å². The Balaban J connectivity index is 2.35. The first-order chi connectivity index (χ1) is 16.9. The van der Waals surface area contributed by atoms with Gasteiger partial charge in [-0.3, -0.25) is 9.59 Å². The van der Waals surface area contributed by atoms with Crippen molar-refractivity contribution in [1.29, 1.82) is 0 Å². The molecule has 4 N–H and O–H groups in total. The molecule has 1 aliphatic rings. The molecular formula is C28H44N2O5S. The van der Waals surface area contributed by atoms with Crippen LogP contribution in [0.4, 0.5) is 0 Å². The second-order valence-electron chi connectivity index (χ2n) is 10.7. The topological polar surface area (TPSA) is 123 Å². The fourth-order valence-corrected chi connectivity index (χ4v) is 5.29. The largest absolute Gasteiger partial charge is 0.457 e. The van der Waals surface area contributed by atoms with E-state index in [1.54, 1.807) is 13.8 Å². The highest BCUT2D eigenvalue weighted by atomic mass is 32.1. The van der Waals surface area contributed by atoms with Gasteiger partial charge in [0.2, 0.25) is 0 Å². The number of hydrogen-bond acceptors (Lipinski definition) is 8. The molecule has 2 heterocycles. The van der Waals surface area contributed by atoms with Crippen molar-refractivity contribution in [3.63, 3.8) is 0 Å². The van der Waals surface area contributed by atoms with Gasteiger partial charge in [0.25, 0.3) is 0 Å². The molecule has 0 unspecified atom stereocenters. The number of ketones is 1. The summed E-state index contributed by atoms with van der Waals surface area (Å²) in [6.07, 6.45) is 4.67. The lowest BCUT2D eigenvalue weighted by molar-refractivity contribution is -0.154. The molecule has 0 radical (unpaired) electrons. The van der Waals surface area contributed by atoms with E-state index in [2.05, 4.69) is 18.0 Å². The Labute approximate surface area is 219 Å². The number of thiazole rings is 1. The second kappa shape index (κ2) is 13.6. The van der Waals surface area contributed by atoms with Gasteiger partial charge in [-0.05, 0) is 57.1 Å². The number of carbonyl (C=O) groups excluding carboxylic acids is 2. The number of nitrogens with zero attached hydrogens (tertiary/aromatic N) is 1. The Bertz CT molecular complexity index is 951. The first-order valence-electron chi connectivity index (χ1n) is 13.0. The van der Waals surface area contributed by atoms with Crippen LogP contribution in [0.5, 0.6) is 0 Å². The van der Waals surface area contributed by atoms with Crippen LogP contribution in [0, 0.1) is 17.3 Å². The Morgan fingerprint density at radius 2 is 2.03 bits per heavy atom. The lowest BCUT2D eigenvalue weighted by Crippen LogP contribution is -2.46. The minimum absolute atomic E-state index is 0.0491. The fourth-order valence-electron chi connectivity index (χ4n) is 4.66. The number of cyclic esters (lactones) is 1. The maximum absolute atomic E-state index is 13.4. The highest BCUT2D eigenvalue weighted by molar-refractivity contribution is 7.09. The average molecular weight is 521 g/mol. The number of allylic oxidation sites excluding steroid dienone is 1. The van der Waals surface area contributed by atoms with Gasteiger partial charge >= 0.3 is 5.97 Å². The molecule has 1 aromatic heterocycles. The lowest BCUT2D eigenvalue weighted by Gasteiger charge is -2.35. The van der Waals surface area contributed by atoms with Crippen LogP contribution < -0.4 is 5.73 Å². The van der Waals surface area contributed by atoms with Crippen molar-refractivity contribution in [2.24, 2.45) is 23.0 Å². The van der Waals surface area contributed by atoms with E-state index in [4.69, 9.17) is 10.5 Å². The van der Waals surface area contributed by atoms with Crippen molar-refractivity contribution in [2.45, 2.75) is 105 Å². The number of nitrogens with two attached hydrogens (primary N) is 1. The van der Waals surface area contributed by atoms with Gasteiger partial charge in [-0.2, -0.15) is 0 Å². The Hall–Kier alpha value is -1.87. The summed E-state index contributed by atoms with van der Waals surface area (Å²) in [4.78, 5) is 30.8. The van der Waals surface area contributed by atoms with Gasteiger partial charge in [0, 0.05) is 24.3 Å². The molecular weight excluding hydrogens is 476 g/mol. The lowest BCUT2D eigenvalue weighted by atomic mass is 9.71. The first-order valence-corrected chi connectivity index (χ1v) is 13.9. The molecule has 0 amide bonds. The zero-order valence-corrected chi connectivity index (χ0v) is 23.4. The van der Waals surface area contributed by atoms with E-state index in [0.717, 1.165) is 35.5 Å². The molecule has 7 nitrogen and oxygen atoms in total. The number of Topliss-reactive ketones (excluding diaryl/α,β-unsaturated/α-hetero) is 1.